The van der Waals surface area contributed by atoms with Gasteiger partial charge < -0.3 is 14.9 Å². The van der Waals surface area contributed by atoms with E-state index >= 15 is 0 Å². The molecule has 0 radical (unpaired) electrons. The first-order valence-electron chi connectivity index (χ1n) is 6.47. The fourth-order valence-corrected chi connectivity index (χ4v) is 1.97. The zero-order valence-electron chi connectivity index (χ0n) is 11.6. The molecule has 2 aromatic heterocycles. The monoisotopic (exact) mass is 300 g/mol. The van der Waals surface area contributed by atoms with Crippen LogP contribution in [0.4, 0.5) is 5.82 Å². The highest BCUT2D eigenvalue weighted by Crippen LogP contribution is 2.29. The third kappa shape index (κ3) is 2.53. The number of aryl methyl sites for hydroxylation is 1. The lowest BCUT2D eigenvalue weighted by molar-refractivity contribution is 0.0698. The van der Waals surface area contributed by atoms with Crippen LogP contribution in [0, 0.1) is 6.92 Å². The lowest BCUT2D eigenvalue weighted by atomic mass is 10.1. The van der Waals surface area contributed by atoms with Crippen LogP contribution in [0.2, 0.25) is 0 Å². The number of carboxylic acid groups (broad SMARTS) is 1. The normalized spacial score (nSPS) is 10.6. The lowest BCUT2D eigenvalue weighted by Gasteiger charge is -2.01. The van der Waals surface area contributed by atoms with E-state index in [9.17, 15) is 9.90 Å². The van der Waals surface area contributed by atoms with Crippen LogP contribution in [0.1, 0.15) is 21.7 Å². The van der Waals surface area contributed by atoms with E-state index in [-0.39, 0.29) is 23.7 Å². The molecule has 0 saturated heterocycles. The molecular formula is C14H12N4O4. The van der Waals surface area contributed by atoms with Crippen molar-refractivity contribution in [1.29, 1.82) is 0 Å². The van der Waals surface area contributed by atoms with Gasteiger partial charge in [-0.3, -0.25) is 0 Å². The predicted molar refractivity (Wildman–Crippen MR) is 75.3 cm³/mol. The van der Waals surface area contributed by atoms with Crippen LogP contribution in [0.5, 0.6) is 0 Å². The van der Waals surface area contributed by atoms with E-state index in [1.54, 1.807) is 31.2 Å². The SMILES string of the molecule is Cc1nonc1CNc1noc(-c2ccccc2)c1C(=O)O. The van der Waals surface area contributed by atoms with Crippen molar-refractivity contribution in [3.8, 4) is 11.3 Å². The lowest BCUT2D eigenvalue weighted by Crippen LogP contribution is -2.07. The number of benzene rings is 1. The number of aromatic carboxylic acids is 1. The van der Waals surface area contributed by atoms with E-state index in [2.05, 4.69) is 25.4 Å². The summed E-state index contributed by atoms with van der Waals surface area (Å²) in [6.07, 6.45) is 0. The Morgan fingerprint density at radius 2 is 2.00 bits per heavy atom. The number of nitrogens with one attached hydrogen (secondary N) is 1. The number of carboxylic acids is 1. The van der Waals surface area contributed by atoms with Crippen LogP contribution in [-0.2, 0) is 6.54 Å². The summed E-state index contributed by atoms with van der Waals surface area (Å²) < 4.78 is 9.78. The fourth-order valence-electron chi connectivity index (χ4n) is 1.97. The second-order valence-corrected chi connectivity index (χ2v) is 4.56. The molecule has 2 N–H and O–H groups in total. The van der Waals surface area contributed by atoms with E-state index < -0.39 is 5.97 Å². The number of anilines is 1. The molecule has 1 aromatic carbocycles. The molecule has 0 atom stereocenters. The molecule has 112 valence electrons. The van der Waals surface area contributed by atoms with Crippen molar-refractivity contribution in [3.63, 3.8) is 0 Å². The van der Waals surface area contributed by atoms with Crippen molar-refractivity contribution in [1.82, 2.24) is 15.5 Å². The molecule has 8 heteroatoms. The minimum atomic E-state index is -1.13. The minimum Gasteiger partial charge on any atom is -0.477 e. The van der Waals surface area contributed by atoms with Crippen molar-refractivity contribution >= 4 is 11.8 Å². The van der Waals surface area contributed by atoms with E-state index in [1.165, 1.54) is 0 Å². The number of nitrogens with zero attached hydrogens (tertiary/aromatic N) is 3. The van der Waals surface area contributed by atoms with Gasteiger partial charge in [-0.25, -0.2) is 9.42 Å². The zero-order valence-corrected chi connectivity index (χ0v) is 11.6. The summed E-state index contributed by atoms with van der Waals surface area (Å²) in [7, 11) is 0. The number of hydrogen-bond donors (Lipinski definition) is 2. The molecule has 0 aliphatic rings. The van der Waals surface area contributed by atoms with E-state index in [0.29, 0.717) is 17.0 Å². The van der Waals surface area contributed by atoms with Gasteiger partial charge in [0.05, 0.1) is 6.54 Å². The first kappa shape index (κ1) is 13.8. The highest BCUT2D eigenvalue weighted by atomic mass is 16.6. The molecule has 0 amide bonds. The number of rotatable bonds is 5. The maximum atomic E-state index is 11.5. The van der Waals surface area contributed by atoms with Crippen LogP contribution >= 0.6 is 0 Å². The van der Waals surface area contributed by atoms with Crippen molar-refractivity contribution < 1.29 is 19.1 Å². The van der Waals surface area contributed by atoms with Crippen molar-refractivity contribution in [2.75, 3.05) is 5.32 Å². The van der Waals surface area contributed by atoms with E-state index in [4.69, 9.17) is 4.52 Å². The molecule has 0 unspecified atom stereocenters. The van der Waals surface area contributed by atoms with Crippen LogP contribution in [0.15, 0.2) is 39.5 Å². The van der Waals surface area contributed by atoms with Gasteiger partial charge in [-0.15, -0.1) is 0 Å². The molecule has 0 saturated carbocycles. The standard InChI is InChI=1S/C14H12N4O4/c1-8-10(17-22-16-8)7-15-13-11(14(19)20)12(21-18-13)9-5-3-2-4-6-9/h2-6H,7H2,1H3,(H,15,18)(H,19,20). The average Bonchev–Trinajstić information content (AvgIpc) is 3.12. The smallest absolute Gasteiger partial charge is 0.343 e. The van der Waals surface area contributed by atoms with Crippen LogP contribution in [-0.4, -0.2) is 26.5 Å². The van der Waals surface area contributed by atoms with Gasteiger partial charge in [0.2, 0.25) is 0 Å². The molecule has 0 aliphatic heterocycles. The zero-order chi connectivity index (χ0) is 15.5. The topological polar surface area (TPSA) is 114 Å². The predicted octanol–water partition coefficient (Wildman–Crippen LogP) is 2.34. The third-order valence-corrected chi connectivity index (χ3v) is 3.11. The molecule has 3 aromatic rings. The summed E-state index contributed by atoms with van der Waals surface area (Å²) >= 11 is 0. The molecule has 0 aliphatic carbocycles. The Morgan fingerprint density at radius 3 is 2.64 bits per heavy atom. The Morgan fingerprint density at radius 1 is 1.23 bits per heavy atom. The summed E-state index contributed by atoms with van der Waals surface area (Å²) in [5, 5.41) is 23.5. The van der Waals surface area contributed by atoms with Crippen molar-refractivity contribution in [2.24, 2.45) is 0 Å². The van der Waals surface area contributed by atoms with Gasteiger partial charge in [-0.1, -0.05) is 45.8 Å². The summed E-state index contributed by atoms with van der Waals surface area (Å²) in [6, 6.07) is 8.92. The van der Waals surface area contributed by atoms with Gasteiger partial charge in [0, 0.05) is 5.56 Å². The van der Waals surface area contributed by atoms with Gasteiger partial charge in [-0.05, 0) is 6.92 Å². The van der Waals surface area contributed by atoms with Crippen LogP contribution in [0.3, 0.4) is 0 Å². The Balaban J connectivity index is 1.91. The number of hydrogen-bond acceptors (Lipinski definition) is 7. The molecular weight excluding hydrogens is 288 g/mol. The maximum absolute atomic E-state index is 11.5. The highest BCUT2D eigenvalue weighted by Gasteiger charge is 2.24. The van der Waals surface area contributed by atoms with E-state index in [0.717, 1.165) is 0 Å². The van der Waals surface area contributed by atoms with Crippen LogP contribution < -0.4 is 5.32 Å². The number of aromatic nitrogens is 3. The minimum absolute atomic E-state index is 0.0275. The molecule has 0 bridgehead atoms. The van der Waals surface area contributed by atoms with Gasteiger partial charge in [0.1, 0.15) is 11.4 Å². The fraction of sp³-hybridized carbons (Fsp3) is 0.143. The first-order valence-corrected chi connectivity index (χ1v) is 6.47. The van der Waals surface area contributed by atoms with Gasteiger partial charge in [0.25, 0.3) is 0 Å². The molecule has 22 heavy (non-hydrogen) atoms. The second-order valence-electron chi connectivity index (χ2n) is 4.56. The molecule has 2 heterocycles. The van der Waals surface area contributed by atoms with Gasteiger partial charge in [-0.2, -0.15) is 0 Å². The largest absolute Gasteiger partial charge is 0.477 e. The Kier molecular flexibility index (Phi) is 3.57. The Hall–Kier alpha value is -3.16. The third-order valence-electron chi connectivity index (χ3n) is 3.11. The second kappa shape index (κ2) is 5.68. The van der Waals surface area contributed by atoms with E-state index in [1.807, 2.05) is 6.07 Å². The van der Waals surface area contributed by atoms with Gasteiger partial charge in [0.15, 0.2) is 17.1 Å². The first-order chi connectivity index (χ1) is 10.7. The van der Waals surface area contributed by atoms with Crippen molar-refractivity contribution in [3.05, 3.63) is 47.3 Å². The molecule has 3 rings (SSSR count). The quantitative estimate of drug-likeness (QED) is 0.738. The molecule has 0 spiro atoms. The number of carbonyl (C=O) groups is 1. The average molecular weight is 300 g/mol. The summed E-state index contributed by atoms with van der Waals surface area (Å²) in [6.45, 7) is 1.97. The Bertz CT molecular complexity index is 794. The molecule has 8 nitrogen and oxygen atoms in total. The van der Waals surface area contributed by atoms with Gasteiger partial charge >= 0.3 is 5.97 Å². The summed E-state index contributed by atoms with van der Waals surface area (Å²) in [5.74, 6) is -0.794. The maximum Gasteiger partial charge on any atom is 0.343 e. The van der Waals surface area contributed by atoms with Crippen molar-refractivity contribution in [2.45, 2.75) is 13.5 Å². The summed E-state index contributed by atoms with van der Waals surface area (Å²) in [5.41, 5.74) is 1.80. The summed E-state index contributed by atoms with van der Waals surface area (Å²) in [4.78, 5) is 11.5. The van der Waals surface area contributed by atoms with Crippen LogP contribution in [0.25, 0.3) is 11.3 Å². The Labute approximate surface area is 124 Å². The molecule has 0 fully saturated rings. The highest BCUT2D eigenvalue weighted by molar-refractivity contribution is 5.99.